The highest BCUT2D eigenvalue weighted by Crippen LogP contribution is 2.18. The van der Waals surface area contributed by atoms with E-state index in [9.17, 15) is 13.2 Å². The molecule has 0 radical (unpaired) electrons. The fourth-order valence-corrected chi connectivity index (χ4v) is 4.06. The summed E-state index contributed by atoms with van der Waals surface area (Å²) in [4.78, 5) is 11.6. The van der Waals surface area contributed by atoms with Crippen LogP contribution in [-0.2, 0) is 14.6 Å². The Morgan fingerprint density at radius 1 is 1.59 bits per heavy atom. The molecule has 1 aliphatic heterocycles. The number of carbonyl (C=O) groups is 1. The minimum atomic E-state index is -2.99. The molecule has 17 heavy (non-hydrogen) atoms. The lowest BCUT2D eigenvalue weighted by Gasteiger charge is -2.14. The molecule has 0 bridgehead atoms. The summed E-state index contributed by atoms with van der Waals surface area (Å²) in [5, 5.41) is 2.22. The molecule has 1 aliphatic rings. The van der Waals surface area contributed by atoms with Crippen LogP contribution in [0.15, 0.2) is 0 Å². The van der Waals surface area contributed by atoms with Gasteiger partial charge in [0, 0.05) is 6.54 Å². The van der Waals surface area contributed by atoms with Crippen LogP contribution in [0.2, 0.25) is 0 Å². The van der Waals surface area contributed by atoms with Gasteiger partial charge >= 0.3 is 0 Å². The molecule has 0 aliphatic carbocycles. The second kappa shape index (κ2) is 6.61. The Morgan fingerprint density at radius 3 is 2.82 bits per heavy atom. The molecule has 0 saturated carbocycles. The lowest BCUT2D eigenvalue weighted by Crippen LogP contribution is -2.44. The molecule has 0 spiro atoms. The number of hydrogen-bond acceptors (Lipinski definition) is 5. The molecule has 0 aromatic rings. The molecule has 7 heteroatoms. The lowest BCUT2D eigenvalue weighted by atomic mass is 10.2. The van der Waals surface area contributed by atoms with Gasteiger partial charge in [-0.1, -0.05) is 0 Å². The van der Waals surface area contributed by atoms with Crippen molar-refractivity contribution in [2.24, 2.45) is 5.73 Å². The third-order valence-electron chi connectivity index (χ3n) is 2.94. The number of rotatable bonds is 6. The summed E-state index contributed by atoms with van der Waals surface area (Å²) < 4.78 is 23.1. The molecule has 0 aromatic carbocycles. The Balaban J connectivity index is 2.33. The van der Waals surface area contributed by atoms with Crippen molar-refractivity contribution in [3.8, 4) is 0 Å². The summed E-state index contributed by atoms with van der Waals surface area (Å²) in [6.45, 7) is 0.203. The van der Waals surface area contributed by atoms with E-state index in [1.165, 1.54) is 0 Å². The number of amides is 1. The van der Waals surface area contributed by atoms with Gasteiger partial charge in [-0.3, -0.25) is 4.79 Å². The number of sulfone groups is 1. The van der Waals surface area contributed by atoms with Crippen LogP contribution in [0, 0.1) is 0 Å². The molecule has 2 atom stereocenters. The Morgan fingerprint density at radius 2 is 2.29 bits per heavy atom. The highest BCUT2D eigenvalue weighted by atomic mass is 32.2. The molecule has 1 heterocycles. The van der Waals surface area contributed by atoms with Crippen molar-refractivity contribution in [3.05, 3.63) is 0 Å². The van der Waals surface area contributed by atoms with E-state index in [2.05, 4.69) is 5.32 Å². The van der Waals surface area contributed by atoms with E-state index in [1.807, 2.05) is 6.26 Å². The van der Waals surface area contributed by atoms with Crippen LogP contribution in [0.1, 0.15) is 19.3 Å². The average molecular weight is 280 g/mol. The zero-order chi connectivity index (χ0) is 12.9. The molecule has 0 aromatic heterocycles. The van der Waals surface area contributed by atoms with Crippen molar-refractivity contribution < 1.29 is 13.2 Å². The van der Waals surface area contributed by atoms with Crippen LogP contribution in [0.5, 0.6) is 0 Å². The van der Waals surface area contributed by atoms with Gasteiger partial charge in [-0.25, -0.2) is 8.42 Å². The fourth-order valence-electron chi connectivity index (χ4n) is 1.81. The Bertz CT molecular complexity index is 357. The molecule has 3 N–H and O–H groups in total. The molecule has 1 unspecified atom stereocenters. The van der Waals surface area contributed by atoms with Crippen molar-refractivity contribution in [2.45, 2.75) is 30.6 Å². The second-order valence-electron chi connectivity index (χ2n) is 4.26. The first-order valence-corrected chi connectivity index (χ1v) is 8.82. The van der Waals surface area contributed by atoms with Crippen molar-refractivity contribution >= 4 is 27.5 Å². The maximum Gasteiger partial charge on any atom is 0.236 e. The van der Waals surface area contributed by atoms with Crippen LogP contribution in [-0.4, -0.2) is 49.9 Å². The van der Waals surface area contributed by atoms with Gasteiger partial charge in [-0.05, 0) is 31.3 Å². The molecule has 100 valence electrons. The summed E-state index contributed by atoms with van der Waals surface area (Å²) >= 11 is 1.63. The summed E-state index contributed by atoms with van der Waals surface area (Å²) in [6.07, 6.45) is 3.91. The Kier molecular flexibility index (Phi) is 5.75. The van der Waals surface area contributed by atoms with Crippen molar-refractivity contribution in [3.63, 3.8) is 0 Å². The lowest BCUT2D eigenvalue weighted by molar-refractivity contribution is -0.122. The second-order valence-corrected chi connectivity index (χ2v) is 7.65. The molecule has 1 rings (SSSR count). The van der Waals surface area contributed by atoms with Crippen LogP contribution in [0.4, 0.5) is 0 Å². The van der Waals surface area contributed by atoms with E-state index in [0.717, 1.165) is 5.75 Å². The summed E-state index contributed by atoms with van der Waals surface area (Å²) in [5.74, 6) is 0.823. The standard InChI is InChI=1S/C10H20N2O3S2/c1-16-5-4-9(11)10(13)12-7-8-3-2-6-17(8,14)15/h8-9H,2-7,11H2,1H3,(H,12,13)/t8?,9-/m0/s1. The number of nitrogens with two attached hydrogens (primary N) is 1. The van der Waals surface area contributed by atoms with Crippen molar-refractivity contribution in [1.29, 1.82) is 0 Å². The van der Waals surface area contributed by atoms with Crippen LogP contribution in [0.3, 0.4) is 0 Å². The van der Waals surface area contributed by atoms with Crippen LogP contribution < -0.4 is 11.1 Å². The van der Waals surface area contributed by atoms with Gasteiger partial charge in [-0.2, -0.15) is 11.8 Å². The highest BCUT2D eigenvalue weighted by molar-refractivity contribution is 7.98. The first-order valence-electron chi connectivity index (χ1n) is 5.71. The Hall–Kier alpha value is -0.270. The maximum absolute atomic E-state index is 11.6. The number of hydrogen-bond donors (Lipinski definition) is 2. The van der Waals surface area contributed by atoms with Gasteiger partial charge < -0.3 is 11.1 Å². The quantitative estimate of drug-likeness (QED) is 0.701. The predicted octanol–water partition coefficient (Wildman–Crippen LogP) is -0.240. The predicted molar refractivity (Wildman–Crippen MR) is 70.8 cm³/mol. The summed E-state index contributed by atoms with van der Waals surface area (Å²) in [6, 6.07) is -0.536. The summed E-state index contributed by atoms with van der Waals surface area (Å²) in [5.41, 5.74) is 5.68. The normalized spacial score (nSPS) is 24.5. The van der Waals surface area contributed by atoms with Gasteiger partial charge in [0.1, 0.15) is 0 Å². The van der Waals surface area contributed by atoms with E-state index < -0.39 is 21.1 Å². The van der Waals surface area contributed by atoms with Gasteiger partial charge in [0.05, 0.1) is 17.0 Å². The van der Waals surface area contributed by atoms with E-state index in [1.54, 1.807) is 11.8 Å². The fraction of sp³-hybridized carbons (Fsp3) is 0.900. The first-order chi connectivity index (χ1) is 7.97. The van der Waals surface area contributed by atoms with E-state index in [-0.39, 0.29) is 18.2 Å². The smallest absolute Gasteiger partial charge is 0.236 e. The molecule has 1 fully saturated rings. The Labute approximate surface area is 107 Å². The van der Waals surface area contributed by atoms with Crippen LogP contribution >= 0.6 is 11.8 Å². The van der Waals surface area contributed by atoms with E-state index in [0.29, 0.717) is 19.3 Å². The molecule has 1 amide bonds. The minimum absolute atomic E-state index is 0.203. The van der Waals surface area contributed by atoms with Crippen LogP contribution in [0.25, 0.3) is 0 Å². The van der Waals surface area contributed by atoms with Gasteiger partial charge in [0.2, 0.25) is 5.91 Å². The van der Waals surface area contributed by atoms with Gasteiger partial charge in [0.25, 0.3) is 0 Å². The highest BCUT2D eigenvalue weighted by Gasteiger charge is 2.31. The molecular weight excluding hydrogens is 260 g/mol. The average Bonchev–Trinajstić information content (AvgIpc) is 2.62. The minimum Gasteiger partial charge on any atom is -0.353 e. The van der Waals surface area contributed by atoms with Crippen molar-refractivity contribution in [2.75, 3.05) is 24.3 Å². The number of thioether (sulfide) groups is 1. The topological polar surface area (TPSA) is 89.3 Å². The number of carbonyl (C=O) groups excluding carboxylic acids is 1. The molecular formula is C10H20N2O3S2. The third-order valence-corrected chi connectivity index (χ3v) is 5.86. The van der Waals surface area contributed by atoms with Crippen molar-refractivity contribution in [1.82, 2.24) is 5.32 Å². The zero-order valence-electron chi connectivity index (χ0n) is 10.0. The number of nitrogens with one attached hydrogen (secondary N) is 1. The maximum atomic E-state index is 11.6. The monoisotopic (exact) mass is 280 g/mol. The molecule has 5 nitrogen and oxygen atoms in total. The van der Waals surface area contributed by atoms with E-state index in [4.69, 9.17) is 5.73 Å². The zero-order valence-corrected chi connectivity index (χ0v) is 11.6. The SMILES string of the molecule is CSCC[C@H](N)C(=O)NCC1CCCS1(=O)=O. The van der Waals surface area contributed by atoms with Gasteiger partial charge in [0.15, 0.2) is 9.84 Å². The van der Waals surface area contributed by atoms with Gasteiger partial charge in [-0.15, -0.1) is 0 Å². The van der Waals surface area contributed by atoms with E-state index >= 15 is 0 Å². The summed E-state index contributed by atoms with van der Waals surface area (Å²) in [7, 11) is -2.99. The largest absolute Gasteiger partial charge is 0.353 e. The first kappa shape index (κ1) is 14.8. The third kappa shape index (κ3) is 4.48. The molecule has 1 saturated heterocycles.